The van der Waals surface area contributed by atoms with Crippen LogP contribution in [0.1, 0.15) is 25.0 Å². The number of aryl methyl sites for hydroxylation is 1. The number of hydrogen-bond donors (Lipinski definition) is 1. The molecule has 0 fully saturated rings. The van der Waals surface area contributed by atoms with Crippen molar-refractivity contribution in [3.8, 4) is 17.5 Å². The zero-order chi connectivity index (χ0) is 21.3. The van der Waals surface area contributed by atoms with E-state index in [1.807, 2.05) is 19.1 Å². The van der Waals surface area contributed by atoms with Gasteiger partial charge in [-0.15, -0.1) is 0 Å². The van der Waals surface area contributed by atoms with Crippen LogP contribution >= 0.6 is 0 Å². The number of rotatable bonds is 5. The van der Waals surface area contributed by atoms with E-state index < -0.39 is 26.9 Å². The summed E-state index contributed by atoms with van der Waals surface area (Å²) in [5.41, 5.74) is 0.726. The molecule has 150 valence electrons. The van der Waals surface area contributed by atoms with Crippen LogP contribution in [0.2, 0.25) is 0 Å². The monoisotopic (exact) mass is 411 g/mol. The quantitative estimate of drug-likeness (QED) is 0.695. The van der Waals surface area contributed by atoms with Crippen molar-refractivity contribution < 1.29 is 13.5 Å². The van der Waals surface area contributed by atoms with Crippen LogP contribution in [0.3, 0.4) is 0 Å². The van der Waals surface area contributed by atoms with Gasteiger partial charge in [0.2, 0.25) is 10.0 Å². The summed E-state index contributed by atoms with van der Waals surface area (Å²) < 4.78 is 28.4. The molecule has 0 aliphatic heterocycles. The van der Waals surface area contributed by atoms with Crippen molar-refractivity contribution in [2.24, 2.45) is 0 Å². The first-order valence-electron chi connectivity index (χ1n) is 9.15. The molecule has 0 spiro atoms. The highest BCUT2D eigenvalue weighted by Gasteiger charge is 2.24. The van der Waals surface area contributed by atoms with Crippen molar-refractivity contribution in [1.82, 2.24) is 8.87 Å². The molecule has 29 heavy (non-hydrogen) atoms. The largest absolute Gasteiger partial charge is 0.506 e. The SMILES string of the molecule is CCN(CC)S(=O)(=O)c1ccc2c(c1)c(O)c(C#N)c(=O)n2-c1ccc(C)cc1. The maximum Gasteiger partial charge on any atom is 0.277 e. The fourth-order valence-corrected chi connectivity index (χ4v) is 4.77. The minimum Gasteiger partial charge on any atom is -0.506 e. The van der Waals surface area contributed by atoms with Gasteiger partial charge in [0.05, 0.1) is 10.4 Å². The molecule has 0 unspecified atom stereocenters. The van der Waals surface area contributed by atoms with E-state index in [2.05, 4.69) is 0 Å². The topological polar surface area (TPSA) is 103 Å². The number of fused-ring (bicyclic) bond motifs is 1. The van der Waals surface area contributed by atoms with Crippen LogP contribution in [-0.4, -0.2) is 35.5 Å². The smallest absolute Gasteiger partial charge is 0.277 e. The molecule has 1 aromatic heterocycles. The minimum absolute atomic E-state index is 0.0120. The molecule has 0 bridgehead atoms. The van der Waals surface area contributed by atoms with Gasteiger partial charge in [-0.1, -0.05) is 31.5 Å². The highest BCUT2D eigenvalue weighted by Crippen LogP contribution is 2.31. The van der Waals surface area contributed by atoms with Crippen LogP contribution in [0.25, 0.3) is 16.6 Å². The number of hydrogen-bond acceptors (Lipinski definition) is 5. The van der Waals surface area contributed by atoms with Crippen LogP contribution < -0.4 is 5.56 Å². The first-order valence-corrected chi connectivity index (χ1v) is 10.6. The zero-order valence-corrected chi connectivity index (χ0v) is 17.2. The molecule has 0 aliphatic carbocycles. The van der Waals surface area contributed by atoms with Crippen molar-refractivity contribution in [2.45, 2.75) is 25.7 Å². The Morgan fingerprint density at radius 3 is 2.28 bits per heavy atom. The third kappa shape index (κ3) is 3.39. The molecule has 2 aromatic carbocycles. The van der Waals surface area contributed by atoms with Gasteiger partial charge in [0.25, 0.3) is 5.56 Å². The van der Waals surface area contributed by atoms with E-state index >= 15 is 0 Å². The van der Waals surface area contributed by atoms with Gasteiger partial charge in [0, 0.05) is 24.2 Å². The van der Waals surface area contributed by atoms with Gasteiger partial charge in [0.15, 0.2) is 5.56 Å². The number of nitriles is 1. The van der Waals surface area contributed by atoms with Crippen LogP contribution in [-0.2, 0) is 10.0 Å². The van der Waals surface area contributed by atoms with E-state index in [4.69, 9.17) is 0 Å². The molecule has 0 saturated carbocycles. The number of aromatic hydroxyl groups is 1. The third-order valence-electron chi connectivity index (χ3n) is 4.86. The molecule has 0 aliphatic rings. The van der Waals surface area contributed by atoms with Crippen molar-refractivity contribution in [3.05, 3.63) is 63.9 Å². The van der Waals surface area contributed by atoms with Gasteiger partial charge in [0.1, 0.15) is 11.8 Å². The summed E-state index contributed by atoms with van der Waals surface area (Å²) >= 11 is 0. The van der Waals surface area contributed by atoms with Crippen LogP contribution in [0.15, 0.2) is 52.2 Å². The standard InChI is InChI=1S/C21H21N3O4S/c1-4-23(5-2)29(27,28)16-10-11-19-17(12-16)20(25)18(13-22)21(26)24(19)15-8-6-14(3)7-9-15/h6-12,25H,4-5H2,1-3H3. The van der Waals surface area contributed by atoms with Crippen molar-refractivity contribution in [1.29, 1.82) is 5.26 Å². The molecule has 8 heteroatoms. The molecule has 0 radical (unpaired) electrons. The Labute approximate surface area is 169 Å². The fourth-order valence-electron chi connectivity index (χ4n) is 3.28. The van der Waals surface area contributed by atoms with Crippen molar-refractivity contribution in [3.63, 3.8) is 0 Å². The molecule has 0 saturated heterocycles. The summed E-state index contributed by atoms with van der Waals surface area (Å²) in [4.78, 5) is 12.8. The first kappa shape index (κ1) is 20.6. The Morgan fingerprint density at radius 2 is 1.72 bits per heavy atom. The summed E-state index contributed by atoms with van der Waals surface area (Å²) in [6.45, 7) is 5.99. The normalized spacial score (nSPS) is 11.7. The lowest BCUT2D eigenvalue weighted by Crippen LogP contribution is -2.30. The second-order valence-corrected chi connectivity index (χ2v) is 8.52. The Kier molecular flexibility index (Phi) is 5.46. The number of nitrogens with zero attached hydrogens (tertiary/aromatic N) is 3. The molecule has 3 aromatic rings. The molecule has 7 nitrogen and oxygen atoms in total. The molecular formula is C21H21N3O4S. The number of sulfonamides is 1. The third-order valence-corrected chi connectivity index (χ3v) is 6.91. The Morgan fingerprint density at radius 1 is 1.10 bits per heavy atom. The lowest BCUT2D eigenvalue weighted by atomic mass is 10.1. The van der Waals surface area contributed by atoms with Crippen LogP contribution in [0.5, 0.6) is 5.75 Å². The Hall–Kier alpha value is -3.15. The molecule has 0 atom stereocenters. The lowest BCUT2D eigenvalue weighted by molar-refractivity contribution is 0.445. The summed E-state index contributed by atoms with van der Waals surface area (Å²) in [6, 6.07) is 13.0. The second kappa shape index (κ2) is 7.70. The van der Waals surface area contributed by atoms with Gasteiger partial charge in [-0.25, -0.2) is 8.42 Å². The van der Waals surface area contributed by atoms with Crippen LogP contribution in [0.4, 0.5) is 0 Å². The van der Waals surface area contributed by atoms with Crippen molar-refractivity contribution >= 4 is 20.9 Å². The zero-order valence-electron chi connectivity index (χ0n) is 16.4. The van der Waals surface area contributed by atoms with E-state index in [1.54, 1.807) is 32.0 Å². The highest BCUT2D eigenvalue weighted by molar-refractivity contribution is 7.89. The van der Waals surface area contributed by atoms with E-state index in [-0.39, 0.29) is 10.3 Å². The number of pyridine rings is 1. The molecule has 0 amide bonds. The molecule has 1 heterocycles. The summed E-state index contributed by atoms with van der Waals surface area (Å²) in [5, 5.41) is 20.1. The maximum absolute atomic E-state index is 12.9. The van der Waals surface area contributed by atoms with Crippen molar-refractivity contribution in [2.75, 3.05) is 13.1 Å². The van der Waals surface area contributed by atoms with Crippen LogP contribution in [0, 0.1) is 18.3 Å². The van der Waals surface area contributed by atoms with Gasteiger partial charge >= 0.3 is 0 Å². The lowest BCUT2D eigenvalue weighted by Gasteiger charge is -2.19. The molecule has 1 N–H and O–H groups in total. The number of aromatic nitrogens is 1. The molecule has 3 rings (SSSR count). The summed E-state index contributed by atoms with van der Waals surface area (Å²) in [6.07, 6.45) is 0. The predicted octanol–water partition coefficient (Wildman–Crippen LogP) is 2.91. The van der Waals surface area contributed by atoms with Gasteiger partial charge in [-0.3, -0.25) is 9.36 Å². The summed E-state index contributed by atoms with van der Waals surface area (Å²) in [7, 11) is -3.77. The van der Waals surface area contributed by atoms with Gasteiger partial charge < -0.3 is 5.11 Å². The summed E-state index contributed by atoms with van der Waals surface area (Å²) in [5.74, 6) is -0.521. The van der Waals surface area contributed by atoms with E-state index in [0.29, 0.717) is 24.3 Å². The maximum atomic E-state index is 12.9. The first-order chi connectivity index (χ1) is 13.8. The average molecular weight is 411 g/mol. The number of benzene rings is 2. The molecular weight excluding hydrogens is 390 g/mol. The van der Waals surface area contributed by atoms with Gasteiger partial charge in [-0.05, 0) is 37.3 Å². The van der Waals surface area contributed by atoms with Gasteiger partial charge in [-0.2, -0.15) is 9.57 Å². The highest BCUT2D eigenvalue weighted by atomic mass is 32.2. The minimum atomic E-state index is -3.77. The Balaban J connectivity index is 2.39. The fraction of sp³-hybridized carbons (Fsp3) is 0.238. The average Bonchev–Trinajstić information content (AvgIpc) is 2.70. The van der Waals surface area contributed by atoms with E-state index in [0.717, 1.165) is 5.56 Å². The Bertz CT molecular complexity index is 1280. The second-order valence-electron chi connectivity index (χ2n) is 6.58. The van der Waals surface area contributed by atoms with E-state index in [9.17, 15) is 23.6 Å². The van der Waals surface area contributed by atoms with E-state index in [1.165, 1.54) is 27.1 Å². The predicted molar refractivity (Wildman–Crippen MR) is 111 cm³/mol.